The van der Waals surface area contributed by atoms with Crippen LogP contribution in [-0.2, 0) is 0 Å². The third kappa shape index (κ3) is 4.39. The van der Waals surface area contributed by atoms with Crippen LogP contribution in [0.1, 0.15) is 33.9 Å². The molecular formula is C37H30N6. The van der Waals surface area contributed by atoms with Gasteiger partial charge in [-0.3, -0.25) is 4.90 Å². The molecule has 208 valence electrons. The molecule has 0 radical (unpaired) electrons. The van der Waals surface area contributed by atoms with Crippen molar-refractivity contribution in [2.45, 2.75) is 25.9 Å². The number of nitrogens with one attached hydrogen (secondary N) is 2. The zero-order chi connectivity index (χ0) is 28.9. The molecule has 6 nitrogen and oxygen atoms in total. The van der Waals surface area contributed by atoms with Gasteiger partial charge >= 0.3 is 0 Å². The van der Waals surface area contributed by atoms with E-state index in [2.05, 4.69) is 120 Å². The first-order valence-electron chi connectivity index (χ1n) is 14.6. The molecule has 2 atom stereocenters. The van der Waals surface area contributed by atoms with Crippen molar-refractivity contribution in [3.63, 3.8) is 0 Å². The fraction of sp³-hybridized carbons (Fsp3) is 0.108. The SMILES string of the molecule is Cc1ccc(C2=Nc3ccccc3N=C3c4ccccc4N=C4Nc5ccccc5NC(c5ccc(C)cc5)C4N23)cc1. The van der Waals surface area contributed by atoms with E-state index >= 15 is 0 Å². The van der Waals surface area contributed by atoms with E-state index in [9.17, 15) is 0 Å². The van der Waals surface area contributed by atoms with Crippen LogP contribution in [0.5, 0.6) is 0 Å². The average molecular weight is 559 g/mol. The predicted octanol–water partition coefficient (Wildman–Crippen LogP) is 8.47. The topological polar surface area (TPSA) is 64.4 Å². The lowest BCUT2D eigenvalue weighted by Gasteiger charge is -2.38. The number of amidine groups is 3. The number of benzene rings is 5. The van der Waals surface area contributed by atoms with Crippen LogP contribution in [0.2, 0.25) is 0 Å². The monoisotopic (exact) mass is 558 g/mol. The minimum atomic E-state index is -0.323. The zero-order valence-electron chi connectivity index (χ0n) is 24.0. The summed E-state index contributed by atoms with van der Waals surface area (Å²) in [6.45, 7) is 4.23. The second kappa shape index (κ2) is 10.1. The number of rotatable bonds is 2. The molecule has 3 heterocycles. The molecule has 5 aromatic carbocycles. The van der Waals surface area contributed by atoms with Crippen LogP contribution in [0.25, 0.3) is 0 Å². The number of aryl methyl sites for hydroxylation is 2. The molecule has 2 unspecified atom stereocenters. The predicted molar refractivity (Wildman–Crippen MR) is 177 cm³/mol. The van der Waals surface area contributed by atoms with Crippen molar-refractivity contribution in [1.82, 2.24) is 4.90 Å². The fourth-order valence-corrected chi connectivity index (χ4v) is 6.08. The summed E-state index contributed by atoms with van der Waals surface area (Å²) in [4.78, 5) is 18.4. The van der Waals surface area contributed by atoms with Gasteiger partial charge in [0.15, 0.2) is 0 Å². The summed E-state index contributed by atoms with van der Waals surface area (Å²) < 4.78 is 0. The summed E-state index contributed by atoms with van der Waals surface area (Å²) in [7, 11) is 0. The summed E-state index contributed by atoms with van der Waals surface area (Å²) in [6, 6.07) is 41.6. The van der Waals surface area contributed by atoms with Crippen molar-refractivity contribution < 1.29 is 0 Å². The molecule has 0 saturated carbocycles. The van der Waals surface area contributed by atoms with Gasteiger partial charge in [0.05, 0.1) is 34.5 Å². The quantitative estimate of drug-likeness (QED) is 0.228. The van der Waals surface area contributed by atoms with E-state index < -0.39 is 0 Å². The standard InChI is InChI=1S/C37H30N6/c1-23-15-19-25(20-16-23)33-34-35(40-30-12-6-5-11-29(30)38-33)39-28-10-4-3-9-27(28)37-42-32-14-8-7-13-31(32)41-36(43(34)37)26-21-17-24(2)18-22-26/h3-22,33-34,38H,1-2H3,(H,39,40). The van der Waals surface area contributed by atoms with Crippen LogP contribution in [0.3, 0.4) is 0 Å². The van der Waals surface area contributed by atoms with Crippen LogP contribution in [0.15, 0.2) is 136 Å². The molecule has 43 heavy (non-hydrogen) atoms. The highest BCUT2D eigenvalue weighted by atomic mass is 15.3. The maximum atomic E-state index is 5.37. The first-order valence-corrected chi connectivity index (χ1v) is 14.6. The summed E-state index contributed by atoms with van der Waals surface area (Å²) >= 11 is 0. The van der Waals surface area contributed by atoms with Crippen molar-refractivity contribution >= 4 is 45.9 Å². The summed E-state index contributed by atoms with van der Waals surface area (Å²) in [6.07, 6.45) is 0. The van der Waals surface area contributed by atoms with Gasteiger partial charge in [0.2, 0.25) is 0 Å². The van der Waals surface area contributed by atoms with Gasteiger partial charge in [-0.2, -0.15) is 0 Å². The van der Waals surface area contributed by atoms with Gasteiger partial charge in [-0.25, -0.2) is 15.0 Å². The Bertz CT molecular complexity index is 1950. The lowest BCUT2D eigenvalue weighted by Crippen LogP contribution is -2.53. The van der Waals surface area contributed by atoms with Crippen molar-refractivity contribution in [3.05, 3.63) is 149 Å². The van der Waals surface area contributed by atoms with Crippen LogP contribution in [0.4, 0.5) is 28.4 Å². The number of aliphatic imine (C=N–C) groups is 3. The van der Waals surface area contributed by atoms with E-state index in [1.165, 1.54) is 11.1 Å². The Hall–Kier alpha value is -5.49. The molecule has 0 aromatic heterocycles. The molecule has 6 heteroatoms. The minimum absolute atomic E-state index is 0.188. The molecular weight excluding hydrogens is 528 g/mol. The molecule has 8 rings (SSSR count). The van der Waals surface area contributed by atoms with E-state index in [1.54, 1.807) is 0 Å². The Morgan fingerprint density at radius 2 is 1.14 bits per heavy atom. The molecule has 2 N–H and O–H groups in total. The summed E-state index contributed by atoms with van der Waals surface area (Å²) in [5.74, 6) is 2.46. The molecule has 0 aliphatic carbocycles. The van der Waals surface area contributed by atoms with E-state index in [1.807, 2.05) is 30.3 Å². The van der Waals surface area contributed by atoms with Crippen molar-refractivity contribution in [2.75, 3.05) is 10.6 Å². The Labute approximate surface area is 251 Å². The number of para-hydroxylation sites is 5. The van der Waals surface area contributed by atoms with E-state index in [4.69, 9.17) is 15.0 Å². The number of anilines is 2. The molecule has 5 aromatic rings. The Balaban J connectivity index is 1.46. The molecule has 3 aliphatic heterocycles. The van der Waals surface area contributed by atoms with Gasteiger partial charge in [-0.1, -0.05) is 96.1 Å². The third-order valence-electron chi connectivity index (χ3n) is 8.30. The number of fused-ring (bicyclic) bond motifs is 7. The Morgan fingerprint density at radius 3 is 1.86 bits per heavy atom. The Morgan fingerprint density at radius 1 is 0.558 bits per heavy atom. The van der Waals surface area contributed by atoms with Crippen LogP contribution in [0, 0.1) is 13.8 Å². The first-order chi connectivity index (χ1) is 21.1. The van der Waals surface area contributed by atoms with Gasteiger partial charge in [0.1, 0.15) is 23.5 Å². The van der Waals surface area contributed by atoms with E-state index in [0.29, 0.717) is 0 Å². The number of nitrogens with zero attached hydrogens (tertiary/aromatic N) is 4. The lowest BCUT2D eigenvalue weighted by molar-refractivity contribution is 0.482. The molecule has 0 amide bonds. The molecule has 0 spiro atoms. The molecule has 0 bridgehead atoms. The fourth-order valence-electron chi connectivity index (χ4n) is 6.08. The zero-order valence-corrected chi connectivity index (χ0v) is 24.0. The van der Waals surface area contributed by atoms with E-state index in [-0.39, 0.29) is 12.1 Å². The number of hydrogen-bond acceptors (Lipinski definition) is 6. The van der Waals surface area contributed by atoms with Crippen LogP contribution < -0.4 is 10.6 Å². The van der Waals surface area contributed by atoms with Crippen LogP contribution in [-0.4, -0.2) is 28.4 Å². The second-order valence-electron chi connectivity index (χ2n) is 11.3. The summed E-state index contributed by atoms with van der Waals surface area (Å²) in [5.41, 5.74) is 10.0. The third-order valence-corrected chi connectivity index (χ3v) is 8.30. The highest BCUT2D eigenvalue weighted by molar-refractivity contribution is 6.23. The number of hydrogen-bond donors (Lipinski definition) is 2. The maximum absolute atomic E-state index is 5.37. The van der Waals surface area contributed by atoms with Crippen molar-refractivity contribution in [3.8, 4) is 0 Å². The Kier molecular flexibility index (Phi) is 5.93. The van der Waals surface area contributed by atoms with Crippen LogP contribution >= 0.6 is 0 Å². The second-order valence-corrected chi connectivity index (χ2v) is 11.3. The van der Waals surface area contributed by atoms with Gasteiger partial charge in [0.25, 0.3) is 0 Å². The molecule has 0 fully saturated rings. The molecule has 0 saturated heterocycles. The van der Waals surface area contributed by atoms with E-state index in [0.717, 1.165) is 62.6 Å². The lowest BCUT2D eigenvalue weighted by atomic mass is 9.94. The van der Waals surface area contributed by atoms with Gasteiger partial charge < -0.3 is 10.6 Å². The summed E-state index contributed by atoms with van der Waals surface area (Å²) in [5, 5.41) is 7.65. The van der Waals surface area contributed by atoms with Crippen molar-refractivity contribution in [1.29, 1.82) is 0 Å². The highest BCUT2D eigenvalue weighted by Gasteiger charge is 2.43. The highest BCUT2D eigenvalue weighted by Crippen LogP contribution is 2.42. The normalized spacial score (nSPS) is 18.3. The molecule has 3 aliphatic rings. The maximum Gasteiger partial charge on any atom is 0.145 e. The smallest absolute Gasteiger partial charge is 0.145 e. The van der Waals surface area contributed by atoms with Gasteiger partial charge in [-0.15, -0.1) is 0 Å². The van der Waals surface area contributed by atoms with Crippen molar-refractivity contribution in [2.24, 2.45) is 15.0 Å². The van der Waals surface area contributed by atoms with Gasteiger partial charge in [-0.05, 0) is 55.8 Å². The van der Waals surface area contributed by atoms with Gasteiger partial charge in [0, 0.05) is 11.1 Å². The first kappa shape index (κ1) is 25.2. The minimum Gasteiger partial charge on any atom is -0.374 e. The largest absolute Gasteiger partial charge is 0.374 e. The average Bonchev–Trinajstić information content (AvgIpc) is 3.35.